The third-order valence-corrected chi connectivity index (χ3v) is 9.94. The van der Waals surface area contributed by atoms with Crippen molar-refractivity contribution in [3.8, 4) is 0 Å². The molecule has 0 aromatic rings. The molecule has 0 saturated carbocycles. The van der Waals surface area contributed by atoms with Crippen molar-refractivity contribution in [1.29, 1.82) is 0 Å². The van der Waals surface area contributed by atoms with Crippen molar-refractivity contribution >= 4 is 14.1 Å². The monoisotopic (exact) mass is 337 g/mol. The molecule has 23 heavy (non-hydrogen) atoms. The van der Waals surface area contributed by atoms with Crippen molar-refractivity contribution in [2.45, 2.75) is 77.6 Å². The summed E-state index contributed by atoms with van der Waals surface area (Å²) in [6.07, 6.45) is 7.19. The van der Waals surface area contributed by atoms with Crippen LogP contribution in [0, 0.1) is 5.41 Å². The molecular formula is C17H31N3O2Si. The number of carbonyl (C=O) groups excluding carboxylic acids is 1. The van der Waals surface area contributed by atoms with Gasteiger partial charge in [0.25, 0.3) is 0 Å². The van der Waals surface area contributed by atoms with Gasteiger partial charge in [-0.25, -0.2) is 0 Å². The van der Waals surface area contributed by atoms with Gasteiger partial charge >= 0.3 is 0 Å². The average Bonchev–Trinajstić information content (AvgIpc) is 2.43. The van der Waals surface area contributed by atoms with Crippen molar-refractivity contribution in [1.82, 2.24) is 0 Å². The molecule has 0 aromatic carbocycles. The maximum Gasteiger partial charge on any atom is 0.192 e. The zero-order valence-electron chi connectivity index (χ0n) is 15.4. The van der Waals surface area contributed by atoms with Crippen molar-refractivity contribution < 1.29 is 9.22 Å². The van der Waals surface area contributed by atoms with E-state index in [0.29, 0.717) is 13.0 Å². The molecular weight excluding hydrogens is 306 g/mol. The smallest absolute Gasteiger partial charge is 0.192 e. The Hall–Kier alpha value is -1.10. The van der Waals surface area contributed by atoms with E-state index in [1.807, 2.05) is 0 Å². The summed E-state index contributed by atoms with van der Waals surface area (Å²) in [5, 5.41) is 3.71. The van der Waals surface area contributed by atoms with Gasteiger partial charge in [-0.05, 0) is 56.3 Å². The van der Waals surface area contributed by atoms with Gasteiger partial charge in [0.1, 0.15) is 5.78 Å². The van der Waals surface area contributed by atoms with Crippen LogP contribution < -0.4 is 0 Å². The molecule has 2 atom stereocenters. The Morgan fingerprint density at radius 2 is 2.13 bits per heavy atom. The van der Waals surface area contributed by atoms with E-state index in [2.05, 4.69) is 56.0 Å². The summed E-state index contributed by atoms with van der Waals surface area (Å²) < 4.78 is 6.61. The molecule has 0 fully saturated rings. The Morgan fingerprint density at radius 1 is 1.48 bits per heavy atom. The quantitative estimate of drug-likeness (QED) is 0.156. The zero-order chi connectivity index (χ0) is 17.7. The number of nitrogens with zero attached hydrogens (tertiary/aromatic N) is 3. The Morgan fingerprint density at radius 3 is 2.65 bits per heavy atom. The molecule has 0 radical (unpaired) electrons. The van der Waals surface area contributed by atoms with E-state index in [9.17, 15) is 4.79 Å². The van der Waals surface area contributed by atoms with Crippen molar-refractivity contribution in [3.63, 3.8) is 0 Å². The fourth-order valence-corrected chi connectivity index (χ4v) is 4.16. The molecule has 0 saturated heterocycles. The van der Waals surface area contributed by atoms with Crippen LogP contribution in [0.1, 0.15) is 53.4 Å². The number of Topliss-reactive ketones (excluding diaryl/α,β-unsaturated/α-hetero) is 1. The molecule has 1 rings (SSSR count). The lowest BCUT2D eigenvalue weighted by molar-refractivity contribution is -0.132. The minimum atomic E-state index is -1.97. The summed E-state index contributed by atoms with van der Waals surface area (Å²) >= 11 is 0. The number of hydrogen-bond acceptors (Lipinski definition) is 3. The summed E-state index contributed by atoms with van der Waals surface area (Å²) in [6.45, 7) is 13.2. The molecule has 0 unspecified atom stereocenters. The van der Waals surface area contributed by atoms with E-state index >= 15 is 0 Å². The minimum absolute atomic E-state index is 0.103. The predicted octanol–water partition coefficient (Wildman–Crippen LogP) is 5.39. The summed E-state index contributed by atoms with van der Waals surface area (Å²) in [7, 11) is -1.97. The molecule has 5 nitrogen and oxygen atoms in total. The first-order valence-electron chi connectivity index (χ1n) is 8.43. The highest BCUT2D eigenvalue weighted by molar-refractivity contribution is 6.74. The van der Waals surface area contributed by atoms with Gasteiger partial charge in [-0.2, -0.15) is 0 Å². The van der Waals surface area contributed by atoms with Gasteiger partial charge in [0.05, 0.1) is 11.5 Å². The number of hydrogen-bond donors (Lipinski definition) is 0. The van der Waals surface area contributed by atoms with Crippen LogP contribution in [-0.2, 0) is 9.22 Å². The van der Waals surface area contributed by atoms with Crippen molar-refractivity contribution in [2.24, 2.45) is 10.5 Å². The van der Waals surface area contributed by atoms with Crippen LogP contribution in [0.2, 0.25) is 18.1 Å². The molecule has 1 aliphatic carbocycles. The van der Waals surface area contributed by atoms with Gasteiger partial charge < -0.3 is 4.43 Å². The van der Waals surface area contributed by atoms with E-state index in [1.54, 1.807) is 6.92 Å². The molecule has 0 amide bonds. The predicted molar refractivity (Wildman–Crippen MR) is 96.8 cm³/mol. The maximum absolute atomic E-state index is 12.5. The first kappa shape index (κ1) is 19.9. The Balaban J connectivity index is 3.04. The summed E-state index contributed by atoms with van der Waals surface area (Å²) in [4.78, 5) is 15.3. The Bertz CT molecular complexity index is 504. The standard InChI is InChI=1S/C17H31N3O2Si/c1-14(21)17(12-9-13-19-20-18)11-8-7-10-15(17)22-23(5,6)16(2,3)4/h7,10,15H,8-9,11-13H2,1-6H3/t15-,17-/m0/s1. The topological polar surface area (TPSA) is 75.1 Å². The van der Waals surface area contributed by atoms with Crippen molar-refractivity contribution in [2.75, 3.05) is 6.54 Å². The van der Waals surface area contributed by atoms with E-state index in [-0.39, 0.29) is 16.9 Å². The van der Waals surface area contributed by atoms with Gasteiger partial charge in [-0.15, -0.1) is 0 Å². The molecule has 6 heteroatoms. The maximum atomic E-state index is 12.5. The van der Waals surface area contributed by atoms with Crippen molar-refractivity contribution in [3.05, 3.63) is 22.6 Å². The van der Waals surface area contributed by atoms with Crippen LogP contribution in [0.5, 0.6) is 0 Å². The first-order chi connectivity index (χ1) is 10.6. The normalized spacial score (nSPS) is 25.0. The average molecular weight is 338 g/mol. The number of rotatable bonds is 7. The molecule has 0 bridgehead atoms. The van der Waals surface area contributed by atoms with Crippen LogP contribution in [0.15, 0.2) is 17.3 Å². The highest BCUT2D eigenvalue weighted by atomic mass is 28.4. The van der Waals surface area contributed by atoms with Crippen LogP contribution >= 0.6 is 0 Å². The van der Waals surface area contributed by atoms with E-state index in [0.717, 1.165) is 19.3 Å². The SMILES string of the molecule is CC(=O)[C@@]1(CCCN=[N+]=[N-])CCC=C[C@@H]1O[Si](C)(C)C(C)(C)C. The number of ketones is 1. The molecule has 0 N–H and O–H groups in total. The molecule has 0 spiro atoms. The first-order valence-corrected chi connectivity index (χ1v) is 11.3. The lowest BCUT2D eigenvalue weighted by Gasteiger charge is -2.46. The molecule has 130 valence electrons. The van der Waals surface area contributed by atoms with E-state index in [4.69, 9.17) is 9.96 Å². The largest absolute Gasteiger partial charge is 0.410 e. The van der Waals surface area contributed by atoms with Gasteiger partial charge in [-0.1, -0.05) is 38.0 Å². The van der Waals surface area contributed by atoms with Crippen LogP contribution in [-0.4, -0.2) is 26.7 Å². The van der Waals surface area contributed by atoms with Crippen LogP contribution in [0.3, 0.4) is 0 Å². The third kappa shape index (κ3) is 4.69. The van der Waals surface area contributed by atoms with Gasteiger partial charge in [0, 0.05) is 11.5 Å². The summed E-state index contributed by atoms with van der Waals surface area (Å²) in [5.74, 6) is 0.187. The lowest BCUT2D eigenvalue weighted by Crippen LogP contribution is -2.51. The second-order valence-electron chi connectivity index (χ2n) is 8.04. The third-order valence-electron chi connectivity index (χ3n) is 5.49. The number of carbonyl (C=O) groups is 1. The Labute approximate surface area is 141 Å². The van der Waals surface area contributed by atoms with Gasteiger partial charge in [0.15, 0.2) is 8.32 Å². The fraction of sp³-hybridized carbons (Fsp3) is 0.824. The second-order valence-corrected chi connectivity index (χ2v) is 12.8. The summed E-state index contributed by atoms with van der Waals surface area (Å²) in [6, 6.07) is 0. The van der Waals surface area contributed by atoms with E-state index in [1.165, 1.54) is 0 Å². The highest BCUT2D eigenvalue weighted by Gasteiger charge is 2.48. The number of allylic oxidation sites excluding steroid dienone is 1. The second kappa shape index (κ2) is 7.64. The molecule has 0 aromatic heterocycles. The van der Waals surface area contributed by atoms with Crippen LogP contribution in [0.4, 0.5) is 0 Å². The molecule has 0 heterocycles. The zero-order valence-corrected chi connectivity index (χ0v) is 16.4. The fourth-order valence-electron chi connectivity index (χ4n) is 2.86. The minimum Gasteiger partial charge on any atom is -0.410 e. The van der Waals surface area contributed by atoms with Crippen LogP contribution in [0.25, 0.3) is 10.4 Å². The lowest BCUT2D eigenvalue weighted by atomic mass is 9.69. The van der Waals surface area contributed by atoms with Gasteiger partial charge in [0.2, 0.25) is 0 Å². The summed E-state index contributed by atoms with van der Waals surface area (Å²) in [5.41, 5.74) is 7.96. The molecule has 0 aliphatic heterocycles. The molecule has 1 aliphatic rings. The number of azide groups is 1. The van der Waals surface area contributed by atoms with E-state index < -0.39 is 13.7 Å². The Kier molecular flexibility index (Phi) is 6.63. The highest BCUT2D eigenvalue weighted by Crippen LogP contribution is 2.45. The van der Waals surface area contributed by atoms with Gasteiger partial charge in [-0.3, -0.25) is 4.79 Å².